The van der Waals surface area contributed by atoms with Gasteiger partial charge in [0.2, 0.25) is 5.91 Å². The molecule has 116 valence electrons. The van der Waals surface area contributed by atoms with Crippen LogP contribution in [-0.4, -0.2) is 54.5 Å². The third kappa shape index (κ3) is 4.44. The average molecular weight is 291 g/mol. The van der Waals surface area contributed by atoms with Crippen molar-refractivity contribution in [1.82, 2.24) is 9.80 Å². The first kappa shape index (κ1) is 15.8. The Morgan fingerprint density at radius 1 is 1.24 bits per heavy atom. The number of carbonyl (C=O) groups excluding carboxylic acids is 1. The van der Waals surface area contributed by atoms with Gasteiger partial charge >= 0.3 is 0 Å². The maximum atomic E-state index is 11.8. The van der Waals surface area contributed by atoms with E-state index in [1.165, 1.54) is 5.56 Å². The average Bonchev–Trinajstić information content (AvgIpc) is 2.49. The van der Waals surface area contributed by atoms with Crippen LogP contribution in [0.3, 0.4) is 0 Å². The van der Waals surface area contributed by atoms with Crippen LogP contribution in [0.4, 0.5) is 0 Å². The Kier molecular flexibility index (Phi) is 5.59. The van der Waals surface area contributed by atoms with E-state index < -0.39 is 6.04 Å². The van der Waals surface area contributed by atoms with Crippen LogP contribution >= 0.6 is 0 Å². The first-order valence-corrected chi connectivity index (χ1v) is 7.58. The molecule has 1 amide bonds. The van der Waals surface area contributed by atoms with E-state index in [0.29, 0.717) is 6.61 Å². The summed E-state index contributed by atoms with van der Waals surface area (Å²) in [4.78, 5) is 16.1. The normalized spacial score (nSPS) is 17.6. The van der Waals surface area contributed by atoms with E-state index in [9.17, 15) is 4.79 Å². The van der Waals surface area contributed by atoms with Crippen LogP contribution < -0.4 is 10.5 Å². The Bertz CT molecular complexity index is 451. The van der Waals surface area contributed by atoms with Crippen molar-refractivity contribution in [2.45, 2.75) is 26.4 Å². The zero-order chi connectivity index (χ0) is 15.2. The Labute approximate surface area is 126 Å². The number of piperazine rings is 1. The van der Waals surface area contributed by atoms with Crippen molar-refractivity contribution in [2.24, 2.45) is 5.73 Å². The molecule has 0 bridgehead atoms. The van der Waals surface area contributed by atoms with Gasteiger partial charge in [0.15, 0.2) is 0 Å². The highest BCUT2D eigenvalue weighted by Crippen LogP contribution is 2.14. The van der Waals surface area contributed by atoms with E-state index in [2.05, 4.69) is 17.0 Å². The molecule has 21 heavy (non-hydrogen) atoms. The molecule has 2 rings (SSSR count). The van der Waals surface area contributed by atoms with Gasteiger partial charge in [0.05, 0.1) is 12.6 Å². The lowest BCUT2D eigenvalue weighted by Crippen LogP contribution is -2.52. The van der Waals surface area contributed by atoms with Gasteiger partial charge in [-0.05, 0) is 31.5 Å². The Morgan fingerprint density at radius 3 is 2.38 bits per heavy atom. The van der Waals surface area contributed by atoms with Crippen molar-refractivity contribution in [3.8, 4) is 5.75 Å². The molecule has 0 unspecified atom stereocenters. The molecule has 1 heterocycles. The smallest absolute Gasteiger partial charge is 0.239 e. The van der Waals surface area contributed by atoms with E-state index in [1.54, 1.807) is 6.92 Å². The zero-order valence-corrected chi connectivity index (χ0v) is 12.9. The second-order valence-corrected chi connectivity index (χ2v) is 5.47. The highest BCUT2D eigenvalue weighted by Gasteiger charge is 2.22. The van der Waals surface area contributed by atoms with Crippen LogP contribution in [0.5, 0.6) is 5.75 Å². The third-order valence-corrected chi connectivity index (χ3v) is 3.71. The first-order chi connectivity index (χ1) is 10.1. The third-order valence-electron chi connectivity index (χ3n) is 3.71. The summed E-state index contributed by atoms with van der Waals surface area (Å²) in [5.74, 6) is 0.962. The topological polar surface area (TPSA) is 58.8 Å². The van der Waals surface area contributed by atoms with Gasteiger partial charge in [-0.2, -0.15) is 0 Å². The van der Waals surface area contributed by atoms with Crippen LogP contribution in [0.15, 0.2) is 24.3 Å². The van der Waals surface area contributed by atoms with Crippen molar-refractivity contribution >= 4 is 5.91 Å². The Morgan fingerprint density at radius 2 is 1.86 bits per heavy atom. The van der Waals surface area contributed by atoms with Gasteiger partial charge in [0, 0.05) is 32.7 Å². The number of amides is 1. The number of hydrogen-bond donors (Lipinski definition) is 1. The van der Waals surface area contributed by atoms with E-state index in [1.807, 2.05) is 24.0 Å². The Balaban J connectivity index is 1.81. The lowest BCUT2D eigenvalue weighted by molar-refractivity contribution is -0.134. The second-order valence-electron chi connectivity index (χ2n) is 5.47. The summed E-state index contributed by atoms with van der Waals surface area (Å²) >= 11 is 0. The Hall–Kier alpha value is -1.59. The molecule has 2 N–H and O–H groups in total. The van der Waals surface area contributed by atoms with Gasteiger partial charge in [-0.3, -0.25) is 9.69 Å². The number of ether oxygens (including phenoxy) is 1. The molecule has 1 saturated heterocycles. The molecule has 1 fully saturated rings. The molecule has 0 aliphatic carbocycles. The minimum atomic E-state index is -0.400. The highest BCUT2D eigenvalue weighted by molar-refractivity contribution is 5.81. The number of nitrogens with zero attached hydrogens (tertiary/aromatic N) is 2. The van der Waals surface area contributed by atoms with E-state index in [-0.39, 0.29) is 5.91 Å². The van der Waals surface area contributed by atoms with Gasteiger partial charge in [0.25, 0.3) is 0 Å². The van der Waals surface area contributed by atoms with Crippen molar-refractivity contribution < 1.29 is 9.53 Å². The summed E-state index contributed by atoms with van der Waals surface area (Å²) in [7, 11) is 0. The summed E-state index contributed by atoms with van der Waals surface area (Å²) in [6, 6.07) is 7.82. The number of rotatable bonds is 5. The number of hydrogen-bond acceptors (Lipinski definition) is 4. The quantitative estimate of drug-likeness (QED) is 0.882. The molecule has 0 saturated carbocycles. The molecule has 5 heteroatoms. The van der Waals surface area contributed by atoms with Gasteiger partial charge in [-0.25, -0.2) is 0 Å². The van der Waals surface area contributed by atoms with Crippen LogP contribution in [0.1, 0.15) is 19.4 Å². The fraction of sp³-hybridized carbons (Fsp3) is 0.562. The SMILES string of the molecule is CCOc1ccc(CN2CCN(C(=O)[C@@H](C)N)CC2)cc1. The molecule has 1 aliphatic rings. The van der Waals surface area contributed by atoms with Crippen LogP contribution in [-0.2, 0) is 11.3 Å². The molecular formula is C16H25N3O2. The predicted octanol–water partition coefficient (Wildman–Crippen LogP) is 1.08. The van der Waals surface area contributed by atoms with Gasteiger partial charge < -0.3 is 15.4 Å². The maximum absolute atomic E-state index is 11.8. The van der Waals surface area contributed by atoms with Crippen molar-refractivity contribution in [3.05, 3.63) is 29.8 Å². The largest absolute Gasteiger partial charge is 0.494 e. The summed E-state index contributed by atoms with van der Waals surface area (Å²) in [6.45, 7) is 8.64. The fourth-order valence-electron chi connectivity index (χ4n) is 2.53. The monoisotopic (exact) mass is 291 g/mol. The van der Waals surface area contributed by atoms with Crippen molar-refractivity contribution in [3.63, 3.8) is 0 Å². The standard InChI is InChI=1S/C16H25N3O2/c1-3-21-15-6-4-14(5-7-15)12-18-8-10-19(11-9-18)16(20)13(2)17/h4-7,13H,3,8-12,17H2,1-2H3/t13-/m1/s1. The number of benzene rings is 1. The zero-order valence-electron chi connectivity index (χ0n) is 12.9. The van der Waals surface area contributed by atoms with E-state index >= 15 is 0 Å². The summed E-state index contributed by atoms with van der Waals surface area (Å²) in [5.41, 5.74) is 6.92. The molecule has 0 spiro atoms. The summed E-state index contributed by atoms with van der Waals surface area (Å²) in [6.07, 6.45) is 0. The molecule has 1 atom stereocenters. The van der Waals surface area contributed by atoms with Gasteiger partial charge in [0.1, 0.15) is 5.75 Å². The van der Waals surface area contributed by atoms with Crippen LogP contribution in [0, 0.1) is 0 Å². The molecule has 0 radical (unpaired) electrons. The predicted molar refractivity (Wildman–Crippen MR) is 83.1 cm³/mol. The van der Waals surface area contributed by atoms with Crippen LogP contribution in [0.2, 0.25) is 0 Å². The molecular weight excluding hydrogens is 266 g/mol. The highest BCUT2D eigenvalue weighted by atomic mass is 16.5. The number of nitrogens with two attached hydrogens (primary N) is 1. The molecule has 1 aromatic rings. The first-order valence-electron chi connectivity index (χ1n) is 7.58. The molecule has 1 aromatic carbocycles. The second kappa shape index (κ2) is 7.43. The summed E-state index contributed by atoms with van der Waals surface area (Å²) < 4.78 is 5.44. The molecule has 1 aliphatic heterocycles. The summed E-state index contributed by atoms with van der Waals surface area (Å²) in [5, 5.41) is 0. The van der Waals surface area contributed by atoms with Gasteiger partial charge in [-0.1, -0.05) is 12.1 Å². The molecule has 5 nitrogen and oxygen atoms in total. The number of carbonyl (C=O) groups is 1. The van der Waals surface area contributed by atoms with Gasteiger partial charge in [-0.15, -0.1) is 0 Å². The van der Waals surface area contributed by atoms with Crippen molar-refractivity contribution in [1.29, 1.82) is 0 Å². The van der Waals surface area contributed by atoms with Crippen molar-refractivity contribution in [2.75, 3.05) is 32.8 Å². The van der Waals surface area contributed by atoms with E-state index in [0.717, 1.165) is 38.5 Å². The minimum Gasteiger partial charge on any atom is -0.494 e. The lowest BCUT2D eigenvalue weighted by atomic mass is 10.2. The van der Waals surface area contributed by atoms with Crippen LogP contribution in [0.25, 0.3) is 0 Å². The fourth-order valence-corrected chi connectivity index (χ4v) is 2.53. The lowest BCUT2D eigenvalue weighted by Gasteiger charge is -2.35. The van der Waals surface area contributed by atoms with E-state index in [4.69, 9.17) is 10.5 Å². The maximum Gasteiger partial charge on any atom is 0.239 e. The minimum absolute atomic E-state index is 0.0516. The molecule has 0 aromatic heterocycles.